The molecule has 0 unspecified atom stereocenters. The van der Waals surface area contributed by atoms with Crippen LogP contribution in [0.1, 0.15) is 76.1 Å². The molecule has 6 nitrogen and oxygen atoms in total. The van der Waals surface area contributed by atoms with Crippen LogP contribution >= 0.6 is 0 Å². The minimum absolute atomic E-state index is 0.000638. The summed E-state index contributed by atoms with van der Waals surface area (Å²) in [6.45, 7) is 12.5. The van der Waals surface area contributed by atoms with Crippen LogP contribution in [0.25, 0.3) is 127 Å². The van der Waals surface area contributed by atoms with Crippen molar-refractivity contribution in [1.29, 1.82) is 5.26 Å². The quantitative estimate of drug-likeness (QED) is 0.135. The van der Waals surface area contributed by atoms with Crippen LogP contribution in [0, 0.1) is 11.3 Å². The van der Waals surface area contributed by atoms with Crippen LogP contribution in [0.3, 0.4) is 0 Å². The van der Waals surface area contributed by atoms with E-state index in [2.05, 4.69) is 194 Å². The second-order valence-corrected chi connectivity index (χ2v) is 29.8. The van der Waals surface area contributed by atoms with E-state index in [0.29, 0.717) is 50.5 Å². The van der Waals surface area contributed by atoms with Crippen molar-refractivity contribution in [2.45, 2.75) is 52.4 Å². The van der Waals surface area contributed by atoms with Crippen molar-refractivity contribution in [3.05, 3.63) is 350 Å². The Morgan fingerprint density at radius 2 is 0.840 bits per heavy atom. The van der Waals surface area contributed by atoms with Gasteiger partial charge in [0, 0.05) is 72.1 Å². The lowest BCUT2D eigenvalue weighted by Crippen LogP contribution is -2.61. The highest BCUT2D eigenvalue weighted by Crippen LogP contribution is 2.51. The molecule has 0 amide bonds. The fraction of sp³-hybridized carbons (Fsp3) is 0.0808. The van der Waals surface area contributed by atoms with Crippen molar-refractivity contribution in [2.75, 3.05) is 9.80 Å². The standard InChI is InChI=1S/C99H73BN6/c1-98(2,3)71-44-50-88-81(56-71)82-57-72(99(4,5)6)45-51-89(82)104(88)76-60-94-97-95(61-76)105(75-53-69(64-28-13-8-14-29-64)52-70(54-75)65-30-15-9-16-31-65)90-49-43-67(63-26-11-7-12-27-63)55-84(90)100(97)83-48-47-74(102-85-38-22-19-34-78(85)79-35-20-23-39-86(79)102)59-93(83)103(94)73-46-42-68(62-101)92(58-73)106-87-40-24-21-36-80(87)96-77(37-25-41-91(96)106)66-32-17-10-18-33-66/h7-61H,1-6H3/i7D,11D,12D,19D,20D,22D,23D,26D,27D,34D,35D,38D,39D. The second-order valence-electron chi connectivity index (χ2n) is 29.8. The average molecular weight is 1370 g/mol. The first kappa shape index (κ1) is 50.3. The van der Waals surface area contributed by atoms with E-state index in [4.69, 9.17) is 6.85 Å². The van der Waals surface area contributed by atoms with Crippen molar-refractivity contribution >= 4 is 123 Å². The zero-order chi connectivity index (χ0) is 82.6. The van der Waals surface area contributed by atoms with Crippen molar-refractivity contribution in [3.63, 3.8) is 0 Å². The van der Waals surface area contributed by atoms with Crippen LogP contribution in [0.4, 0.5) is 34.1 Å². The largest absolute Gasteiger partial charge is 0.311 e. The van der Waals surface area contributed by atoms with Crippen LogP contribution in [0.5, 0.6) is 0 Å². The molecule has 0 spiro atoms. The van der Waals surface area contributed by atoms with E-state index in [1.54, 1.807) is 0 Å². The molecule has 2 aliphatic rings. The molecule has 15 aromatic carbocycles. The summed E-state index contributed by atoms with van der Waals surface area (Å²) < 4.78 is 128. The van der Waals surface area contributed by atoms with E-state index in [0.717, 1.165) is 111 Å². The molecule has 0 fully saturated rings. The van der Waals surface area contributed by atoms with Gasteiger partial charge in [-0.3, -0.25) is 0 Å². The normalized spacial score (nSPS) is 14.5. The van der Waals surface area contributed by atoms with E-state index < -0.39 is 73.2 Å². The Bertz CT molecular complexity index is 7290. The van der Waals surface area contributed by atoms with Gasteiger partial charge in [-0.2, -0.15) is 5.26 Å². The SMILES string of the molecule is [2H]c1c([2H])c([2H])c(-c2ccc3c(c2)B2c4ccc(-n5c6c([2H])c([2H])c([2H])c([2H])c6c6c([2H])c([2H])c([2H])c([2H])c65)cc4N(c4ccc(C#N)c(-n5c6ccccc6c6c(-c7ccccc7)cccc65)c4)c4cc(-n5c6ccc(C(C)(C)C)cc6c6cc(C(C)(C)C)ccc65)cc(c42)N3c2cc(-c3ccccc3)cc(-c3ccccc3)c2)c([2H])c1[2H]. The van der Waals surface area contributed by atoms with Crippen molar-refractivity contribution < 1.29 is 17.8 Å². The van der Waals surface area contributed by atoms with Crippen LogP contribution in [0.2, 0.25) is 0 Å². The Kier molecular flexibility index (Phi) is 11.4. The molecule has 18 aromatic rings. The Labute approximate surface area is 636 Å². The van der Waals surface area contributed by atoms with Crippen molar-refractivity contribution in [3.8, 4) is 67.6 Å². The lowest BCUT2D eigenvalue weighted by Gasteiger charge is -2.45. The lowest BCUT2D eigenvalue weighted by molar-refractivity contribution is 0.590. The number of anilines is 6. The number of rotatable bonds is 9. The molecule has 106 heavy (non-hydrogen) atoms. The van der Waals surface area contributed by atoms with Gasteiger partial charge in [-0.25, -0.2) is 0 Å². The number of benzene rings is 15. The van der Waals surface area contributed by atoms with Gasteiger partial charge in [0.15, 0.2) is 0 Å². The summed E-state index contributed by atoms with van der Waals surface area (Å²) in [6.07, 6.45) is 0. The van der Waals surface area contributed by atoms with E-state index in [9.17, 15) is 16.2 Å². The van der Waals surface area contributed by atoms with Gasteiger partial charge < -0.3 is 23.5 Å². The smallest absolute Gasteiger partial charge is 0.252 e. The van der Waals surface area contributed by atoms with Gasteiger partial charge in [-0.15, -0.1) is 0 Å². The van der Waals surface area contributed by atoms with E-state index in [-0.39, 0.29) is 56.0 Å². The summed E-state index contributed by atoms with van der Waals surface area (Å²) in [5, 5.41) is 15.6. The highest BCUT2D eigenvalue weighted by atomic mass is 15.2. The summed E-state index contributed by atoms with van der Waals surface area (Å²) in [6, 6.07) is 83.3. The zero-order valence-electron chi connectivity index (χ0n) is 72.0. The Hall–Kier alpha value is -13.1. The van der Waals surface area contributed by atoms with Gasteiger partial charge in [0.2, 0.25) is 0 Å². The molecule has 7 heteroatoms. The van der Waals surface area contributed by atoms with E-state index in [1.807, 2.05) is 127 Å². The molecule has 0 saturated carbocycles. The summed E-state index contributed by atoms with van der Waals surface area (Å²) in [5.41, 5.74) is 19.3. The highest BCUT2D eigenvalue weighted by Gasteiger charge is 2.45. The third-order valence-electron chi connectivity index (χ3n) is 21.6. The van der Waals surface area contributed by atoms with Crippen molar-refractivity contribution in [1.82, 2.24) is 13.7 Å². The molecule has 5 heterocycles. The molecule has 20 rings (SSSR count). The summed E-state index contributed by atoms with van der Waals surface area (Å²) >= 11 is 0. The number of para-hydroxylation sites is 3. The Morgan fingerprint density at radius 3 is 1.46 bits per heavy atom. The minimum Gasteiger partial charge on any atom is -0.311 e. The number of hydrogen-bond acceptors (Lipinski definition) is 3. The second kappa shape index (κ2) is 24.0. The molecular weight excluding hydrogens is 1280 g/mol. The third-order valence-corrected chi connectivity index (χ3v) is 21.6. The van der Waals surface area contributed by atoms with Gasteiger partial charge in [0.25, 0.3) is 6.71 Å². The highest BCUT2D eigenvalue weighted by molar-refractivity contribution is 7.00. The van der Waals surface area contributed by atoms with Crippen molar-refractivity contribution in [2.24, 2.45) is 0 Å². The molecule has 0 N–H and O–H groups in total. The topological polar surface area (TPSA) is 45.1 Å². The number of hydrogen-bond donors (Lipinski definition) is 0. The van der Waals surface area contributed by atoms with E-state index in [1.165, 1.54) is 4.57 Å². The predicted molar refractivity (Wildman–Crippen MR) is 447 cm³/mol. The molecule has 3 aromatic heterocycles. The molecule has 0 aliphatic carbocycles. The van der Waals surface area contributed by atoms with Gasteiger partial charge in [0.1, 0.15) is 6.07 Å². The molecule has 2 aliphatic heterocycles. The number of fused-ring (bicyclic) bond motifs is 13. The maximum atomic E-state index is 11.8. The molecule has 502 valence electrons. The first-order chi connectivity index (χ1) is 57.2. The first-order valence-electron chi connectivity index (χ1n) is 42.3. The molecule has 0 bridgehead atoms. The fourth-order valence-corrected chi connectivity index (χ4v) is 16.7. The average Bonchev–Trinajstić information content (AvgIpc) is 1.54. The van der Waals surface area contributed by atoms with Crippen LogP contribution < -0.4 is 26.2 Å². The van der Waals surface area contributed by atoms with Gasteiger partial charge in [0.05, 0.1) is 67.9 Å². The Morgan fingerprint density at radius 1 is 0.311 bits per heavy atom. The first-order valence-corrected chi connectivity index (χ1v) is 35.8. The minimum atomic E-state index is -0.822. The number of nitrogens with zero attached hydrogens (tertiary/aromatic N) is 6. The zero-order valence-corrected chi connectivity index (χ0v) is 59.0. The van der Waals surface area contributed by atoms with E-state index >= 15 is 0 Å². The van der Waals surface area contributed by atoms with Gasteiger partial charge in [-0.1, -0.05) is 260 Å². The third kappa shape index (κ3) is 9.85. The molecule has 0 saturated heterocycles. The van der Waals surface area contributed by atoms with Gasteiger partial charge >= 0.3 is 0 Å². The number of nitriles is 1. The summed E-state index contributed by atoms with van der Waals surface area (Å²) in [4.78, 5) is 4.48. The Balaban J connectivity index is 0.981. The summed E-state index contributed by atoms with van der Waals surface area (Å²) in [7, 11) is 0. The van der Waals surface area contributed by atoms with Crippen LogP contribution in [-0.2, 0) is 10.8 Å². The maximum absolute atomic E-state index is 11.8. The molecule has 0 atom stereocenters. The van der Waals surface area contributed by atoms with Crippen LogP contribution in [-0.4, -0.2) is 20.4 Å². The molecular formula is C99H73BN6. The maximum Gasteiger partial charge on any atom is 0.252 e. The predicted octanol–water partition coefficient (Wildman–Crippen LogP) is 24.2. The fourth-order valence-electron chi connectivity index (χ4n) is 16.7. The van der Waals surface area contributed by atoms with Gasteiger partial charge in [-0.05, 0) is 198 Å². The lowest BCUT2D eigenvalue weighted by atomic mass is 9.33. The molecule has 0 radical (unpaired) electrons. The summed E-state index contributed by atoms with van der Waals surface area (Å²) in [5.74, 6) is 0. The monoisotopic (exact) mass is 1370 g/mol. The number of aromatic nitrogens is 3. The van der Waals surface area contributed by atoms with Crippen LogP contribution in [0.15, 0.2) is 333 Å².